The van der Waals surface area contributed by atoms with Gasteiger partial charge in [-0.3, -0.25) is 19.1 Å². The Bertz CT molecular complexity index is 1030. The van der Waals surface area contributed by atoms with Crippen LogP contribution in [0.15, 0.2) is 35.4 Å². The molecule has 2 heterocycles. The van der Waals surface area contributed by atoms with E-state index in [1.807, 2.05) is 45.9 Å². The van der Waals surface area contributed by atoms with Gasteiger partial charge >= 0.3 is 0 Å². The number of rotatable bonds is 4. The number of carbonyl (C=O) groups excluding carboxylic acids is 1. The number of aryl methyl sites for hydroxylation is 5. The van der Waals surface area contributed by atoms with E-state index in [1.54, 1.807) is 6.07 Å². The molecule has 0 unspecified atom stereocenters. The highest BCUT2D eigenvalue weighted by atomic mass is 16.2. The van der Waals surface area contributed by atoms with Gasteiger partial charge in [-0.15, -0.1) is 0 Å². The topological polar surface area (TPSA) is 76.9 Å². The Morgan fingerprint density at radius 1 is 1.15 bits per heavy atom. The fourth-order valence-electron chi connectivity index (χ4n) is 3.13. The Labute approximate surface area is 151 Å². The summed E-state index contributed by atoms with van der Waals surface area (Å²) in [6.07, 6.45) is 1.69. The van der Waals surface area contributed by atoms with Gasteiger partial charge in [0, 0.05) is 18.7 Å². The van der Waals surface area contributed by atoms with Crippen molar-refractivity contribution in [2.45, 2.75) is 40.7 Å². The van der Waals surface area contributed by atoms with Gasteiger partial charge < -0.3 is 5.32 Å². The molecule has 0 saturated heterocycles. The van der Waals surface area contributed by atoms with Gasteiger partial charge in [-0.2, -0.15) is 0 Å². The van der Waals surface area contributed by atoms with E-state index in [1.165, 1.54) is 10.9 Å². The monoisotopic (exact) mass is 350 g/mol. The lowest BCUT2D eigenvalue weighted by atomic mass is 10.1. The molecule has 0 fully saturated rings. The van der Waals surface area contributed by atoms with Gasteiger partial charge in [-0.25, -0.2) is 4.98 Å². The number of nitrogens with one attached hydrogen (secondary N) is 1. The van der Waals surface area contributed by atoms with Crippen molar-refractivity contribution in [3.63, 3.8) is 0 Å². The van der Waals surface area contributed by atoms with Crippen molar-refractivity contribution in [3.8, 4) is 0 Å². The summed E-state index contributed by atoms with van der Waals surface area (Å²) in [6.45, 7) is 7.94. The SMILES string of the molecule is Cc1cc(C)c(NC(=O)CCn2cnc3c(C)cccc3c2=O)c(C)n1. The van der Waals surface area contributed by atoms with Crippen LogP contribution >= 0.6 is 0 Å². The minimum atomic E-state index is -0.155. The van der Waals surface area contributed by atoms with Crippen LogP contribution in [-0.4, -0.2) is 20.4 Å². The largest absolute Gasteiger partial charge is 0.324 e. The first-order chi connectivity index (χ1) is 12.4. The summed E-state index contributed by atoms with van der Waals surface area (Å²) in [5.41, 5.74) is 4.95. The van der Waals surface area contributed by atoms with Crippen LogP contribution in [0.4, 0.5) is 5.69 Å². The maximum Gasteiger partial charge on any atom is 0.261 e. The van der Waals surface area contributed by atoms with E-state index in [9.17, 15) is 9.59 Å². The number of fused-ring (bicyclic) bond motifs is 1. The van der Waals surface area contributed by atoms with E-state index in [-0.39, 0.29) is 24.4 Å². The lowest BCUT2D eigenvalue weighted by molar-refractivity contribution is -0.116. The lowest BCUT2D eigenvalue weighted by Gasteiger charge is -2.12. The molecule has 3 aromatic rings. The average Bonchev–Trinajstić information content (AvgIpc) is 2.58. The molecule has 0 bridgehead atoms. The van der Waals surface area contributed by atoms with E-state index in [4.69, 9.17) is 0 Å². The van der Waals surface area contributed by atoms with Gasteiger partial charge in [0.2, 0.25) is 5.91 Å². The molecule has 1 amide bonds. The first-order valence-corrected chi connectivity index (χ1v) is 8.56. The van der Waals surface area contributed by atoms with Gasteiger partial charge in [0.25, 0.3) is 5.56 Å². The van der Waals surface area contributed by atoms with E-state index >= 15 is 0 Å². The normalized spacial score (nSPS) is 10.9. The Kier molecular flexibility index (Phi) is 4.84. The van der Waals surface area contributed by atoms with Crippen molar-refractivity contribution in [3.05, 3.63) is 63.5 Å². The third kappa shape index (κ3) is 3.49. The number of pyridine rings is 1. The molecule has 0 aliphatic heterocycles. The van der Waals surface area contributed by atoms with Crippen molar-refractivity contribution in [2.24, 2.45) is 0 Å². The van der Waals surface area contributed by atoms with Crippen molar-refractivity contribution < 1.29 is 4.79 Å². The Balaban J connectivity index is 1.75. The zero-order chi connectivity index (χ0) is 18.8. The summed E-state index contributed by atoms with van der Waals surface area (Å²) < 4.78 is 1.48. The minimum Gasteiger partial charge on any atom is -0.324 e. The van der Waals surface area contributed by atoms with Gasteiger partial charge in [0.1, 0.15) is 0 Å². The molecule has 0 spiro atoms. The fraction of sp³-hybridized carbons (Fsp3) is 0.300. The summed E-state index contributed by atoms with van der Waals surface area (Å²) >= 11 is 0. The first-order valence-electron chi connectivity index (χ1n) is 8.56. The first kappa shape index (κ1) is 17.8. The smallest absolute Gasteiger partial charge is 0.261 e. The summed E-state index contributed by atoms with van der Waals surface area (Å²) in [4.78, 5) is 33.7. The molecule has 3 rings (SSSR count). The maximum absolute atomic E-state index is 12.6. The second kappa shape index (κ2) is 7.07. The highest BCUT2D eigenvalue weighted by molar-refractivity contribution is 5.92. The Morgan fingerprint density at radius 3 is 2.65 bits per heavy atom. The van der Waals surface area contributed by atoms with E-state index in [2.05, 4.69) is 15.3 Å². The number of hydrogen-bond donors (Lipinski definition) is 1. The molecule has 0 radical (unpaired) electrons. The Hall–Kier alpha value is -3.02. The van der Waals surface area contributed by atoms with Crippen LogP contribution in [0.3, 0.4) is 0 Å². The number of aromatic nitrogens is 3. The molecular formula is C20H22N4O2. The highest BCUT2D eigenvalue weighted by Gasteiger charge is 2.11. The van der Waals surface area contributed by atoms with Crippen LogP contribution in [0.2, 0.25) is 0 Å². The molecule has 6 heteroatoms. The summed E-state index contributed by atoms with van der Waals surface area (Å²) in [5, 5.41) is 3.48. The van der Waals surface area contributed by atoms with Crippen LogP contribution in [0.5, 0.6) is 0 Å². The van der Waals surface area contributed by atoms with Crippen LogP contribution in [0.1, 0.15) is 28.9 Å². The summed E-state index contributed by atoms with van der Waals surface area (Å²) in [5.74, 6) is -0.155. The van der Waals surface area contributed by atoms with Crippen molar-refractivity contribution in [2.75, 3.05) is 5.32 Å². The molecule has 0 saturated carbocycles. The third-order valence-electron chi connectivity index (χ3n) is 4.43. The number of hydrogen-bond acceptors (Lipinski definition) is 4. The molecule has 134 valence electrons. The quantitative estimate of drug-likeness (QED) is 0.784. The van der Waals surface area contributed by atoms with Gasteiger partial charge in [0.05, 0.1) is 28.6 Å². The number of anilines is 1. The van der Waals surface area contributed by atoms with Crippen molar-refractivity contribution >= 4 is 22.5 Å². The Morgan fingerprint density at radius 2 is 1.92 bits per heavy atom. The van der Waals surface area contributed by atoms with Crippen LogP contribution < -0.4 is 10.9 Å². The van der Waals surface area contributed by atoms with E-state index in [0.717, 1.165) is 28.2 Å². The zero-order valence-electron chi connectivity index (χ0n) is 15.5. The van der Waals surface area contributed by atoms with E-state index in [0.29, 0.717) is 10.9 Å². The van der Waals surface area contributed by atoms with Gasteiger partial charge in [0.15, 0.2) is 0 Å². The number of para-hydroxylation sites is 1. The molecule has 0 atom stereocenters. The van der Waals surface area contributed by atoms with Crippen LogP contribution in [0, 0.1) is 27.7 Å². The molecular weight excluding hydrogens is 328 g/mol. The predicted octanol–water partition coefficient (Wildman–Crippen LogP) is 3.05. The minimum absolute atomic E-state index is 0.129. The van der Waals surface area contributed by atoms with Gasteiger partial charge in [-0.05, 0) is 51.0 Å². The van der Waals surface area contributed by atoms with Crippen molar-refractivity contribution in [1.29, 1.82) is 0 Å². The number of nitrogens with zero attached hydrogens (tertiary/aromatic N) is 3. The maximum atomic E-state index is 12.6. The van der Waals surface area contributed by atoms with E-state index < -0.39 is 0 Å². The molecule has 0 aliphatic rings. The second-order valence-corrected chi connectivity index (χ2v) is 6.55. The number of amides is 1. The molecule has 1 N–H and O–H groups in total. The van der Waals surface area contributed by atoms with Gasteiger partial charge in [-0.1, -0.05) is 12.1 Å². The standard InChI is InChI=1S/C20H22N4O2/c1-12-6-5-7-16-19(12)21-11-24(20(16)26)9-8-17(25)23-18-13(2)10-14(3)22-15(18)4/h5-7,10-11H,8-9H2,1-4H3,(H,23,25). The summed E-state index contributed by atoms with van der Waals surface area (Å²) in [6, 6.07) is 7.46. The predicted molar refractivity (Wildman–Crippen MR) is 102 cm³/mol. The molecule has 26 heavy (non-hydrogen) atoms. The zero-order valence-corrected chi connectivity index (χ0v) is 15.5. The highest BCUT2D eigenvalue weighted by Crippen LogP contribution is 2.19. The molecule has 1 aromatic carbocycles. The summed E-state index contributed by atoms with van der Waals surface area (Å²) in [7, 11) is 0. The van der Waals surface area contributed by atoms with Crippen LogP contribution in [0.25, 0.3) is 10.9 Å². The average molecular weight is 350 g/mol. The number of benzene rings is 1. The molecule has 2 aromatic heterocycles. The lowest BCUT2D eigenvalue weighted by Crippen LogP contribution is -2.24. The fourth-order valence-corrected chi connectivity index (χ4v) is 3.13. The third-order valence-corrected chi connectivity index (χ3v) is 4.43. The molecule has 0 aliphatic carbocycles. The molecule has 6 nitrogen and oxygen atoms in total. The van der Waals surface area contributed by atoms with Crippen LogP contribution in [-0.2, 0) is 11.3 Å². The van der Waals surface area contributed by atoms with Crippen molar-refractivity contribution in [1.82, 2.24) is 14.5 Å². The number of carbonyl (C=O) groups is 1. The second-order valence-electron chi connectivity index (χ2n) is 6.55.